The molecule has 0 spiro atoms. The quantitative estimate of drug-likeness (QED) is 0.781. The summed E-state index contributed by atoms with van der Waals surface area (Å²) in [6.45, 7) is -3.04. The maximum atomic E-state index is 11.8. The molecule has 0 fully saturated rings. The smallest absolute Gasteiger partial charge is 0.410 e. The lowest BCUT2D eigenvalue weighted by Crippen LogP contribution is -2.16. The summed E-state index contributed by atoms with van der Waals surface area (Å²) in [4.78, 5) is 10.3. The molecule has 0 saturated heterocycles. The normalized spacial score (nSPS) is 10.3. The molecule has 0 atom stereocenters. The Hall–Kier alpha value is -1.86. The van der Waals surface area contributed by atoms with Gasteiger partial charge in [0.1, 0.15) is 0 Å². The molecular formula is C6H7F2N3O3. The van der Waals surface area contributed by atoms with Crippen LogP contribution in [-0.2, 0) is 7.05 Å². The third-order valence-electron chi connectivity index (χ3n) is 1.17. The molecule has 0 aromatic carbocycles. The van der Waals surface area contributed by atoms with Gasteiger partial charge in [-0.15, -0.1) is 5.10 Å². The van der Waals surface area contributed by atoms with E-state index in [1.54, 1.807) is 0 Å². The van der Waals surface area contributed by atoms with E-state index < -0.39 is 18.6 Å². The van der Waals surface area contributed by atoms with E-state index in [1.165, 1.54) is 13.2 Å². The van der Waals surface area contributed by atoms with Crippen LogP contribution in [0.2, 0.25) is 0 Å². The van der Waals surface area contributed by atoms with Crippen molar-refractivity contribution in [3.05, 3.63) is 6.20 Å². The lowest BCUT2D eigenvalue weighted by atomic mass is 10.6. The SMILES string of the molecule is Cn1cc(OC(N)=O)c(OC(F)F)n1. The van der Waals surface area contributed by atoms with Crippen LogP contribution in [-0.4, -0.2) is 22.5 Å². The first-order valence-electron chi connectivity index (χ1n) is 3.45. The number of hydrogen-bond acceptors (Lipinski definition) is 4. The molecular weight excluding hydrogens is 200 g/mol. The van der Waals surface area contributed by atoms with Crippen LogP contribution in [0.25, 0.3) is 0 Å². The van der Waals surface area contributed by atoms with Crippen molar-refractivity contribution in [2.24, 2.45) is 12.8 Å². The van der Waals surface area contributed by atoms with Crippen molar-refractivity contribution in [3.63, 3.8) is 0 Å². The highest BCUT2D eigenvalue weighted by molar-refractivity contribution is 5.68. The Morgan fingerprint density at radius 2 is 2.36 bits per heavy atom. The fourth-order valence-corrected chi connectivity index (χ4v) is 0.791. The number of halogens is 2. The minimum absolute atomic E-state index is 0.250. The third kappa shape index (κ3) is 2.57. The highest BCUT2D eigenvalue weighted by atomic mass is 19.3. The number of primary amides is 1. The van der Waals surface area contributed by atoms with E-state index in [2.05, 4.69) is 14.6 Å². The number of amides is 1. The van der Waals surface area contributed by atoms with Crippen LogP contribution in [0.1, 0.15) is 0 Å². The van der Waals surface area contributed by atoms with Gasteiger partial charge >= 0.3 is 12.7 Å². The minimum Gasteiger partial charge on any atom is -0.412 e. The molecule has 1 amide bonds. The predicted molar refractivity (Wildman–Crippen MR) is 40.1 cm³/mol. The fraction of sp³-hybridized carbons (Fsp3) is 0.333. The van der Waals surface area contributed by atoms with Crippen LogP contribution in [0.15, 0.2) is 6.20 Å². The standard InChI is InChI=1S/C6H7F2N3O3/c1-11-2-3(13-6(9)12)4(10-11)14-5(7)8/h2,5H,1H3,(H2,9,12). The number of aryl methyl sites for hydroxylation is 1. The average molecular weight is 207 g/mol. The van der Waals surface area contributed by atoms with Gasteiger partial charge < -0.3 is 15.2 Å². The first-order valence-corrected chi connectivity index (χ1v) is 3.45. The second-order valence-electron chi connectivity index (χ2n) is 2.27. The molecule has 1 aromatic rings. The van der Waals surface area contributed by atoms with Crippen molar-refractivity contribution in [2.75, 3.05) is 0 Å². The van der Waals surface area contributed by atoms with E-state index in [-0.39, 0.29) is 5.75 Å². The fourth-order valence-electron chi connectivity index (χ4n) is 0.791. The molecule has 0 aliphatic rings. The van der Waals surface area contributed by atoms with Crippen LogP contribution in [0, 0.1) is 0 Å². The van der Waals surface area contributed by atoms with E-state index in [0.717, 1.165) is 4.68 Å². The first-order chi connectivity index (χ1) is 6.49. The molecule has 0 radical (unpaired) electrons. The number of nitrogens with two attached hydrogens (primary N) is 1. The number of aromatic nitrogens is 2. The zero-order chi connectivity index (χ0) is 10.7. The van der Waals surface area contributed by atoms with Gasteiger partial charge in [-0.1, -0.05) is 0 Å². The van der Waals surface area contributed by atoms with Crippen molar-refractivity contribution < 1.29 is 23.0 Å². The van der Waals surface area contributed by atoms with Crippen molar-refractivity contribution in [2.45, 2.75) is 6.61 Å². The Kier molecular flexibility index (Phi) is 2.85. The Bertz CT molecular complexity index is 339. The molecule has 1 rings (SSSR count). The van der Waals surface area contributed by atoms with Gasteiger partial charge in [-0.3, -0.25) is 4.68 Å². The molecule has 0 aliphatic heterocycles. The number of rotatable bonds is 3. The van der Waals surface area contributed by atoms with Crippen LogP contribution >= 0.6 is 0 Å². The summed E-state index contributed by atoms with van der Waals surface area (Å²) < 4.78 is 33.1. The molecule has 2 N–H and O–H groups in total. The van der Waals surface area contributed by atoms with Crippen LogP contribution in [0.5, 0.6) is 11.6 Å². The number of alkyl halides is 2. The highest BCUT2D eigenvalue weighted by Crippen LogP contribution is 2.25. The predicted octanol–water partition coefficient (Wildman–Crippen LogP) is 0.479. The zero-order valence-electron chi connectivity index (χ0n) is 7.11. The van der Waals surface area contributed by atoms with E-state index in [9.17, 15) is 13.6 Å². The molecule has 0 unspecified atom stereocenters. The van der Waals surface area contributed by atoms with Crippen molar-refractivity contribution in [1.82, 2.24) is 9.78 Å². The summed E-state index contributed by atoms with van der Waals surface area (Å²) >= 11 is 0. The number of ether oxygens (including phenoxy) is 2. The van der Waals surface area contributed by atoms with Gasteiger partial charge in [0, 0.05) is 7.05 Å². The highest BCUT2D eigenvalue weighted by Gasteiger charge is 2.16. The molecule has 14 heavy (non-hydrogen) atoms. The number of hydrogen-bond donors (Lipinski definition) is 1. The van der Waals surface area contributed by atoms with Crippen molar-refractivity contribution in [3.8, 4) is 11.6 Å². The molecule has 0 bridgehead atoms. The summed E-state index contributed by atoms with van der Waals surface area (Å²) in [5.74, 6) is -0.735. The van der Waals surface area contributed by atoms with E-state index in [0.29, 0.717) is 0 Å². The van der Waals surface area contributed by atoms with Crippen molar-refractivity contribution in [1.29, 1.82) is 0 Å². The Balaban J connectivity index is 2.85. The largest absolute Gasteiger partial charge is 0.412 e. The summed E-state index contributed by atoms with van der Waals surface area (Å²) in [5, 5.41) is 3.49. The van der Waals surface area contributed by atoms with Gasteiger partial charge in [0.25, 0.3) is 5.88 Å². The molecule has 78 valence electrons. The lowest BCUT2D eigenvalue weighted by Gasteiger charge is -2.02. The second kappa shape index (κ2) is 3.90. The van der Waals surface area contributed by atoms with Crippen LogP contribution < -0.4 is 15.2 Å². The summed E-state index contributed by atoms with van der Waals surface area (Å²) in [7, 11) is 1.45. The lowest BCUT2D eigenvalue weighted by molar-refractivity contribution is -0.0543. The van der Waals surface area contributed by atoms with E-state index in [4.69, 9.17) is 5.73 Å². The van der Waals surface area contributed by atoms with Crippen LogP contribution in [0.3, 0.4) is 0 Å². The Morgan fingerprint density at radius 1 is 1.71 bits per heavy atom. The molecule has 0 saturated carbocycles. The molecule has 1 aromatic heterocycles. The summed E-state index contributed by atoms with van der Waals surface area (Å²) in [6, 6.07) is 0. The Morgan fingerprint density at radius 3 is 2.86 bits per heavy atom. The topological polar surface area (TPSA) is 79.4 Å². The Labute approximate surface area is 77.2 Å². The van der Waals surface area contributed by atoms with Crippen LogP contribution in [0.4, 0.5) is 13.6 Å². The second-order valence-corrected chi connectivity index (χ2v) is 2.27. The molecule has 8 heteroatoms. The van der Waals surface area contributed by atoms with Gasteiger partial charge in [-0.25, -0.2) is 4.79 Å². The maximum Gasteiger partial charge on any atom is 0.410 e. The monoisotopic (exact) mass is 207 g/mol. The van der Waals surface area contributed by atoms with Gasteiger partial charge in [-0.05, 0) is 0 Å². The summed E-state index contributed by atoms with van der Waals surface area (Å²) in [5.41, 5.74) is 4.69. The number of nitrogens with zero attached hydrogens (tertiary/aromatic N) is 2. The minimum atomic E-state index is -3.04. The maximum absolute atomic E-state index is 11.8. The number of carbonyl (C=O) groups is 1. The van der Waals surface area contributed by atoms with Gasteiger partial charge in [0.05, 0.1) is 6.20 Å². The van der Waals surface area contributed by atoms with E-state index in [1.807, 2.05) is 0 Å². The third-order valence-corrected chi connectivity index (χ3v) is 1.17. The summed E-state index contributed by atoms with van der Waals surface area (Å²) in [6.07, 6.45) is 0.0553. The van der Waals surface area contributed by atoms with E-state index >= 15 is 0 Å². The number of carbonyl (C=O) groups excluding carboxylic acids is 1. The van der Waals surface area contributed by atoms with Crippen molar-refractivity contribution >= 4 is 6.09 Å². The molecule has 1 heterocycles. The molecule has 6 nitrogen and oxygen atoms in total. The zero-order valence-corrected chi connectivity index (χ0v) is 7.11. The first kappa shape index (κ1) is 10.2. The van der Waals surface area contributed by atoms with Gasteiger partial charge in [0.15, 0.2) is 0 Å². The average Bonchev–Trinajstić information content (AvgIpc) is 2.28. The van der Waals surface area contributed by atoms with Gasteiger partial charge in [-0.2, -0.15) is 8.78 Å². The molecule has 0 aliphatic carbocycles. The van der Waals surface area contributed by atoms with Gasteiger partial charge in [0.2, 0.25) is 5.75 Å².